The van der Waals surface area contributed by atoms with Crippen LogP contribution in [-0.2, 0) is 16.0 Å². The van der Waals surface area contributed by atoms with Crippen LogP contribution >= 0.6 is 0 Å². The fourth-order valence-electron chi connectivity index (χ4n) is 4.39. The Kier molecular flexibility index (Phi) is 6.22. The van der Waals surface area contributed by atoms with E-state index in [0.29, 0.717) is 24.8 Å². The third-order valence-electron chi connectivity index (χ3n) is 5.27. The highest BCUT2D eigenvalue weighted by Crippen LogP contribution is 2.30. The van der Waals surface area contributed by atoms with E-state index >= 15 is 0 Å². The van der Waals surface area contributed by atoms with E-state index in [1.165, 1.54) is 7.11 Å². The molecule has 6 heteroatoms. The summed E-state index contributed by atoms with van der Waals surface area (Å²) in [5.41, 5.74) is 3.15. The number of nitrogens with one attached hydrogen (secondary N) is 2. The number of hydrogen-bond donors (Lipinski definition) is 2. The first-order valence-corrected chi connectivity index (χ1v) is 10.2. The molecule has 0 aliphatic carbocycles. The van der Waals surface area contributed by atoms with E-state index in [9.17, 15) is 4.79 Å². The average molecular weight is 397 g/mol. The number of anilines is 1. The van der Waals surface area contributed by atoms with Gasteiger partial charge in [0.05, 0.1) is 12.8 Å². The van der Waals surface area contributed by atoms with Crippen molar-refractivity contribution < 1.29 is 9.53 Å². The van der Waals surface area contributed by atoms with Crippen LogP contribution in [0.2, 0.25) is 0 Å². The maximum absolute atomic E-state index is 11.3. The molecule has 2 N–H and O–H groups in total. The molecule has 0 saturated carbocycles. The van der Waals surface area contributed by atoms with E-state index in [-0.39, 0.29) is 17.0 Å². The SMILES string of the molecule is COC(=O)CCc1ccc(-c2ccnc(NC3CC(C)(C)NC(C)(C)C3)n2)cc1. The number of aromatic nitrogens is 2. The maximum Gasteiger partial charge on any atom is 0.305 e. The van der Waals surface area contributed by atoms with Gasteiger partial charge in [-0.3, -0.25) is 4.79 Å². The fraction of sp³-hybridized carbons (Fsp3) is 0.522. The van der Waals surface area contributed by atoms with Gasteiger partial charge in [-0.25, -0.2) is 9.97 Å². The number of ether oxygens (including phenoxy) is 1. The standard InChI is InChI=1S/C23H32N4O2/c1-22(2)14-18(15-23(3,4)27-22)25-21-24-13-12-19(26-21)17-9-6-16(7-10-17)8-11-20(28)29-5/h6-7,9-10,12-13,18,27H,8,11,14-15H2,1-5H3,(H,24,25,26). The van der Waals surface area contributed by atoms with Crippen LogP contribution in [0.1, 0.15) is 52.5 Å². The number of aryl methyl sites for hydroxylation is 1. The number of methoxy groups -OCH3 is 1. The number of esters is 1. The highest BCUT2D eigenvalue weighted by molar-refractivity contribution is 5.69. The lowest BCUT2D eigenvalue weighted by Gasteiger charge is -2.46. The van der Waals surface area contributed by atoms with Crippen molar-refractivity contribution in [2.75, 3.05) is 12.4 Å². The molecule has 3 rings (SSSR count). The first-order chi connectivity index (χ1) is 13.7. The minimum absolute atomic E-state index is 0.0665. The number of piperidine rings is 1. The Balaban J connectivity index is 1.69. The van der Waals surface area contributed by atoms with Crippen LogP contribution in [0.5, 0.6) is 0 Å². The highest BCUT2D eigenvalue weighted by atomic mass is 16.5. The van der Waals surface area contributed by atoms with Crippen LogP contribution in [-0.4, -0.2) is 40.2 Å². The van der Waals surface area contributed by atoms with Crippen LogP contribution in [0.3, 0.4) is 0 Å². The summed E-state index contributed by atoms with van der Waals surface area (Å²) >= 11 is 0. The number of carbonyl (C=O) groups excluding carboxylic acids is 1. The lowest BCUT2D eigenvalue weighted by molar-refractivity contribution is -0.140. The third-order valence-corrected chi connectivity index (χ3v) is 5.27. The fourth-order valence-corrected chi connectivity index (χ4v) is 4.39. The Morgan fingerprint density at radius 1 is 1.14 bits per heavy atom. The second-order valence-electron chi connectivity index (χ2n) is 9.18. The lowest BCUT2D eigenvalue weighted by atomic mass is 9.80. The van der Waals surface area contributed by atoms with Gasteiger partial charge in [0.25, 0.3) is 0 Å². The molecule has 1 aliphatic rings. The Bertz CT molecular complexity index is 830. The van der Waals surface area contributed by atoms with Gasteiger partial charge in [0.2, 0.25) is 5.95 Å². The summed E-state index contributed by atoms with van der Waals surface area (Å²) in [7, 11) is 1.41. The minimum Gasteiger partial charge on any atom is -0.469 e. The normalized spacial score (nSPS) is 18.2. The third kappa shape index (κ3) is 6.00. The molecule has 29 heavy (non-hydrogen) atoms. The zero-order chi connectivity index (χ0) is 21.1. The minimum atomic E-state index is -0.190. The summed E-state index contributed by atoms with van der Waals surface area (Å²) in [6.45, 7) is 8.95. The summed E-state index contributed by atoms with van der Waals surface area (Å²) in [6.07, 6.45) is 4.89. The van der Waals surface area contributed by atoms with Gasteiger partial charge >= 0.3 is 5.97 Å². The summed E-state index contributed by atoms with van der Waals surface area (Å²) in [6, 6.07) is 10.4. The summed E-state index contributed by atoms with van der Waals surface area (Å²) in [5, 5.41) is 7.24. The van der Waals surface area contributed by atoms with E-state index in [4.69, 9.17) is 9.72 Å². The van der Waals surface area contributed by atoms with Crippen LogP contribution in [0.15, 0.2) is 36.5 Å². The van der Waals surface area contributed by atoms with Crippen LogP contribution in [0.25, 0.3) is 11.3 Å². The van der Waals surface area contributed by atoms with Crippen molar-refractivity contribution in [2.24, 2.45) is 0 Å². The first-order valence-electron chi connectivity index (χ1n) is 10.2. The monoisotopic (exact) mass is 396 g/mol. The largest absolute Gasteiger partial charge is 0.469 e. The van der Waals surface area contributed by atoms with Gasteiger partial charge in [0.1, 0.15) is 0 Å². The van der Waals surface area contributed by atoms with Crippen molar-refractivity contribution >= 4 is 11.9 Å². The Labute approximate surface area is 173 Å². The van der Waals surface area contributed by atoms with Crippen molar-refractivity contribution in [1.82, 2.24) is 15.3 Å². The van der Waals surface area contributed by atoms with Gasteiger partial charge in [-0.2, -0.15) is 0 Å². The van der Waals surface area contributed by atoms with E-state index in [2.05, 4.69) is 43.3 Å². The van der Waals surface area contributed by atoms with E-state index < -0.39 is 0 Å². The molecule has 1 fully saturated rings. The van der Waals surface area contributed by atoms with Gasteiger partial charge in [-0.1, -0.05) is 24.3 Å². The van der Waals surface area contributed by atoms with Crippen LogP contribution in [0.4, 0.5) is 5.95 Å². The molecule has 156 valence electrons. The van der Waals surface area contributed by atoms with Crippen LogP contribution < -0.4 is 10.6 Å². The van der Waals surface area contributed by atoms with Gasteiger partial charge in [-0.15, -0.1) is 0 Å². The number of benzene rings is 1. The molecule has 0 atom stereocenters. The molecule has 1 aromatic carbocycles. The predicted octanol–water partition coefficient (Wildman–Crippen LogP) is 3.97. The van der Waals surface area contributed by atoms with Crippen molar-refractivity contribution in [3.05, 3.63) is 42.1 Å². The molecule has 2 aromatic rings. The first kappa shape index (κ1) is 21.2. The van der Waals surface area contributed by atoms with Gasteiger partial charge in [0.15, 0.2) is 0 Å². The molecule has 0 spiro atoms. The van der Waals surface area contributed by atoms with E-state index in [1.54, 1.807) is 6.20 Å². The molecule has 1 saturated heterocycles. The molecule has 1 aliphatic heterocycles. The van der Waals surface area contributed by atoms with Crippen molar-refractivity contribution in [2.45, 2.75) is 70.5 Å². The molecule has 2 heterocycles. The summed E-state index contributed by atoms with van der Waals surface area (Å²) in [4.78, 5) is 20.5. The second kappa shape index (κ2) is 8.49. The maximum atomic E-state index is 11.3. The number of nitrogens with zero attached hydrogens (tertiary/aromatic N) is 2. The zero-order valence-electron chi connectivity index (χ0n) is 18.1. The summed E-state index contributed by atoms with van der Waals surface area (Å²) < 4.78 is 4.70. The molecule has 0 radical (unpaired) electrons. The van der Waals surface area contributed by atoms with Crippen molar-refractivity contribution in [3.8, 4) is 11.3 Å². The van der Waals surface area contributed by atoms with Gasteiger partial charge in [0, 0.05) is 35.3 Å². The molecular formula is C23H32N4O2. The van der Waals surface area contributed by atoms with E-state index in [1.807, 2.05) is 30.3 Å². The average Bonchev–Trinajstić information content (AvgIpc) is 2.64. The molecule has 0 unspecified atom stereocenters. The van der Waals surface area contributed by atoms with Crippen LogP contribution in [0, 0.1) is 0 Å². The number of hydrogen-bond acceptors (Lipinski definition) is 6. The van der Waals surface area contributed by atoms with Gasteiger partial charge in [-0.05, 0) is 58.6 Å². The topological polar surface area (TPSA) is 76.1 Å². The van der Waals surface area contributed by atoms with Crippen molar-refractivity contribution in [3.63, 3.8) is 0 Å². The summed E-state index contributed by atoms with van der Waals surface area (Å²) in [5.74, 6) is 0.473. The predicted molar refractivity (Wildman–Crippen MR) is 116 cm³/mol. The second-order valence-corrected chi connectivity index (χ2v) is 9.18. The quantitative estimate of drug-likeness (QED) is 0.720. The molecule has 0 amide bonds. The Hall–Kier alpha value is -2.47. The molecule has 6 nitrogen and oxygen atoms in total. The lowest BCUT2D eigenvalue weighted by Crippen LogP contribution is -2.60. The molecule has 0 bridgehead atoms. The smallest absolute Gasteiger partial charge is 0.305 e. The number of carbonyl (C=O) groups is 1. The zero-order valence-corrected chi connectivity index (χ0v) is 18.1. The van der Waals surface area contributed by atoms with Crippen molar-refractivity contribution in [1.29, 1.82) is 0 Å². The molecule has 1 aromatic heterocycles. The molecular weight excluding hydrogens is 364 g/mol. The Morgan fingerprint density at radius 2 is 1.79 bits per heavy atom. The van der Waals surface area contributed by atoms with E-state index in [0.717, 1.165) is 29.7 Å². The number of rotatable bonds is 6. The highest BCUT2D eigenvalue weighted by Gasteiger charge is 2.37. The Morgan fingerprint density at radius 3 is 2.41 bits per heavy atom. The van der Waals surface area contributed by atoms with Gasteiger partial charge < -0.3 is 15.4 Å².